The highest BCUT2D eigenvalue weighted by Crippen LogP contribution is 2.17. The molecule has 0 aliphatic carbocycles. The third-order valence-corrected chi connectivity index (χ3v) is 4.75. The van der Waals surface area contributed by atoms with Gasteiger partial charge in [-0.3, -0.25) is 19.4 Å². The molecule has 0 amide bonds. The minimum atomic E-state index is -0.386. The Balaban J connectivity index is 1.63. The second-order valence-electron chi connectivity index (χ2n) is 7.99. The van der Waals surface area contributed by atoms with E-state index in [-0.39, 0.29) is 22.8 Å². The highest BCUT2D eigenvalue weighted by Gasteiger charge is 2.17. The number of aromatic amines is 2. The van der Waals surface area contributed by atoms with Crippen LogP contribution in [0.2, 0.25) is 0 Å². The minimum Gasteiger partial charge on any atom is -0.310 e. The van der Waals surface area contributed by atoms with Crippen molar-refractivity contribution in [3.8, 4) is 0 Å². The van der Waals surface area contributed by atoms with E-state index in [0.717, 1.165) is 29.4 Å². The summed E-state index contributed by atoms with van der Waals surface area (Å²) in [7, 11) is 0. The van der Waals surface area contributed by atoms with Crippen LogP contribution >= 0.6 is 0 Å². The van der Waals surface area contributed by atoms with Gasteiger partial charge in [-0.25, -0.2) is 4.79 Å². The molecular weight excluding hydrogens is 342 g/mol. The first-order valence-electron chi connectivity index (χ1n) is 9.26. The molecule has 27 heavy (non-hydrogen) atoms. The second-order valence-corrected chi connectivity index (χ2v) is 7.99. The lowest BCUT2D eigenvalue weighted by Crippen LogP contribution is -2.41. The van der Waals surface area contributed by atoms with Crippen molar-refractivity contribution >= 4 is 10.9 Å². The van der Waals surface area contributed by atoms with Gasteiger partial charge in [-0.2, -0.15) is 5.10 Å². The Morgan fingerprint density at radius 3 is 2.70 bits per heavy atom. The van der Waals surface area contributed by atoms with Crippen molar-refractivity contribution in [2.75, 3.05) is 0 Å². The van der Waals surface area contributed by atoms with E-state index < -0.39 is 0 Å². The van der Waals surface area contributed by atoms with Gasteiger partial charge in [0.15, 0.2) is 0 Å². The van der Waals surface area contributed by atoms with Gasteiger partial charge in [0, 0.05) is 41.0 Å². The van der Waals surface area contributed by atoms with Crippen LogP contribution in [0.5, 0.6) is 0 Å². The van der Waals surface area contributed by atoms with Crippen molar-refractivity contribution in [1.82, 2.24) is 25.1 Å². The first kappa shape index (κ1) is 19.1. The third kappa shape index (κ3) is 4.36. The molecule has 3 N–H and O–H groups in total. The molecule has 0 radical (unpaired) electrons. The topological polar surface area (TPSA) is 95.6 Å². The largest absolute Gasteiger partial charge is 0.328 e. The summed E-state index contributed by atoms with van der Waals surface area (Å²) in [4.78, 5) is 26.5. The van der Waals surface area contributed by atoms with Gasteiger partial charge in [0.05, 0.1) is 5.52 Å². The maximum Gasteiger partial charge on any atom is 0.328 e. The van der Waals surface area contributed by atoms with Crippen LogP contribution < -0.4 is 16.6 Å². The van der Waals surface area contributed by atoms with Crippen molar-refractivity contribution in [1.29, 1.82) is 0 Å². The number of para-hydroxylation sites is 1. The number of nitrogens with zero attached hydrogens (tertiary/aromatic N) is 2. The second kappa shape index (κ2) is 7.52. The molecule has 3 aromatic rings. The minimum absolute atomic E-state index is 0.210. The van der Waals surface area contributed by atoms with E-state index in [9.17, 15) is 9.59 Å². The molecule has 3 rings (SSSR count). The van der Waals surface area contributed by atoms with E-state index in [1.54, 1.807) is 10.8 Å². The van der Waals surface area contributed by atoms with E-state index in [4.69, 9.17) is 0 Å². The fourth-order valence-corrected chi connectivity index (χ4v) is 3.09. The standard InChI is InChI=1S/C20H27N5O2/c1-13(9-10-17-15-7-5-6-8-16(15)23-24-17)21-11-14-12-25(20(2,3)4)19(27)22-18(14)26/h5-8,12-13,21H,9-11H2,1-4H3,(H,23,24)(H,22,26,27). The number of fused-ring (bicyclic) bond motifs is 1. The van der Waals surface area contributed by atoms with Gasteiger partial charge in [-0.05, 0) is 46.6 Å². The van der Waals surface area contributed by atoms with E-state index in [1.807, 2.05) is 39.0 Å². The average molecular weight is 369 g/mol. The summed E-state index contributed by atoms with van der Waals surface area (Å²) < 4.78 is 1.56. The number of hydrogen-bond donors (Lipinski definition) is 3. The van der Waals surface area contributed by atoms with Crippen LogP contribution in [0, 0.1) is 0 Å². The molecule has 144 valence electrons. The van der Waals surface area contributed by atoms with Crippen molar-refractivity contribution in [3.05, 3.63) is 62.6 Å². The number of benzene rings is 1. The summed E-state index contributed by atoms with van der Waals surface area (Å²) in [6.45, 7) is 8.30. The predicted molar refractivity (Wildman–Crippen MR) is 107 cm³/mol. The van der Waals surface area contributed by atoms with Crippen LogP contribution in [0.15, 0.2) is 40.1 Å². The quantitative estimate of drug-likeness (QED) is 0.621. The molecule has 0 aliphatic rings. The monoisotopic (exact) mass is 369 g/mol. The summed E-state index contributed by atoms with van der Waals surface area (Å²) in [5.74, 6) is 0. The molecule has 0 fully saturated rings. The lowest BCUT2D eigenvalue weighted by Gasteiger charge is -2.22. The zero-order valence-corrected chi connectivity index (χ0v) is 16.3. The normalized spacial score (nSPS) is 13.2. The molecule has 7 nitrogen and oxygen atoms in total. The Morgan fingerprint density at radius 2 is 1.96 bits per heavy atom. The Hall–Kier alpha value is -2.67. The van der Waals surface area contributed by atoms with Gasteiger partial charge >= 0.3 is 5.69 Å². The molecule has 1 aromatic carbocycles. The number of rotatable bonds is 6. The zero-order chi connectivity index (χ0) is 19.6. The maximum absolute atomic E-state index is 12.1. The van der Waals surface area contributed by atoms with Crippen molar-refractivity contribution in [3.63, 3.8) is 0 Å². The van der Waals surface area contributed by atoms with Crippen LogP contribution in [0.4, 0.5) is 0 Å². The Morgan fingerprint density at radius 1 is 1.22 bits per heavy atom. The van der Waals surface area contributed by atoms with E-state index in [2.05, 4.69) is 33.5 Å². The van der Waals surface area contributed by atoms with Gasteiger partial charge in [0.25, 0.3) is 5.56 Å². The molecule has 2 heterocycles. The van der Waals surface area contributed by atoms with Crippen LogP contribution in [0.3, 0.4) is 0 Å². The van der Waals surface area contributed by atoms with Crippen molar-refractivity contribution in [2.24, 2.45) is 0 Å². The third-order valence-electron chi connectivity index (χ3n) is 4.75. The summed E-state index contributed by atoms with van der Waals surface area (Å²) in [5.41, 5.74) is 1.56. The first-order valence-corrected chi connectivity index (χ1v) is 9.26. The number of aryl methyl sites for hydroxylation is 1. The van der Waals surface area contributed by atoms with Crippen LogP contribution in [0.25, 0.3) is 10.9 Å². The first-order chi connectivity index (χ1) is 12.8. The summed E-state index contributed by atoms with van der Waals surface area (Å²) in [6.07, 6.45) is 3.43. The molecule has 1 unspecified atom stereocenters. The van der Waals surface area contributed by atoms with Crippen molar-refractivity contribution < 1.29 is 0 Å². The molecule has 0 saturated carbocycles. The number of nitrogens with one attached hydrogen (secondary N) is 3. The van der Waals surface area contributed by atoms with Crippen LogP contribution in [0.1, 0.15) is 45.4 Å². The Kier molecular flexibility index (Phi) is 5.32. The summed E-state index contributed by atoms with van der Waals surface area (Å²) in [5, 5.41) is 12.0. The highest BCUT2D eigenvalue weighted by molar-refractivity contribution is 5.81. The van der Waals surface area contributed by atoms with Gasteiger partial charge in [0.2, 0.25) is 0 Å². The number of H-pyrrole nitrogens is 2. The van der Waals surface area contributed by atoms with E-state index in [1.165, 1.54) is 0 Å². The van der Waals surface area contributed by atoms with Crippen molar-refractivity contribution in [2.45, 2.75) is 58.7 Å². The molecule has 2 aromatic heterocycles. The lowest BCUT2D eigenvalue weighted by molar-refractivity contribution is 0.373. The van der Waals surface area contributed by atoms with Gasteiger partial charge in [0.1, 0.15) is 0 Å². The zero-order valence-electron chi connectivity index (χ0n) is 16.3. The van der Waals surface area contributed by atoms with Crippen LogP contribution in [-0.4, -0.2) is 25.8 Å². The molecule has 0 aliphatic heterocycles. The SMILES string of the molecule is CC(CCc1[nH]nc2ccccc12)NCc1cn(C(C)(C)C)c(=O)[nH]c1=O. The van der Waals surface area contributed by atoms with Gasteiger partial charge < -0.3 is 5.32 Å². The molecule has 0 bridgehead atoms. The molecular formula is C20H27N5O2. The smallest absolute Gasteiger partial charge is 0.310 e. The summed E-state index contributed by atoms with van der Waals surface area (Å²) in [6, 6.07) is 8.27. The average Bonchev–Trinajstić information content (AvgIpc) is 3.01. The lowest BCUT2D eigenvalue weighted by atomic mass is 10.1. The fourth-order valence-electron chi connectivity index (χ4n) is 3.09. The molecule has 7 heteroatoms. The van der Waals surface area contributed by atoms with Gasteiger partial charge in [-0.1, -0.05) is 18.2 Å². The van der Waals surface area contributed by atoms with Gasteiger partial charge in [-0.15, -0.1) is 0 Å². The van der Waals surface area contributed by atoms with E-state index in [0.29, 0.717) is 12.1 Å². The Bertz CT molecular complexity index is 1040. The summed E-state index contributed by atoms with van der Waals surface area (Å²) >= 11 is 0. The Labute approximate surface area is 157 Å². The molecule has 1 atom stereocenters. The molecule has 0 spiro atoms. The maximum atomic E-state index is 12.1. The number of aromatic nitrogens is 4. The fraction of sp³-hybridized carbons (Fsp3) is 0.450. The van der Waals surface area contributed by atoms with Crippen LogP contribution in [-0.2, 0) is 18.5 Å². The highest BCUT2D eigenvalue weighted by atomic mass is 16.2. The van der Waals surface area contributed by atoms with E-state index >= 15 is 0 Å². The number of hydrogen-bond acceptors (Lipinski definition) is 4. The predicted octanol–water partition coefficient (Wildman–Crippen LogP) is 2.28. The molecule has 0 saturated heterocycles.